The number of nitrogens with one attached hydrogen (secondary N) is 1. The van der Waals surface area contributed by atoms with Crippen molar-refractivity contribution < 1.29 is 33.8 Å². The largest absolute Gasteiger partial charge is 0.463 e. The van der Waals surface area contributed by atoms with E-state index in [1.54, 1.807) is 21.7 Å². The highest BCUT2D eigenvalue weighted by Crippen LogP contribution is 2.60. The molecule has 1 unspecified atom stereocenters. The van der Waals surface area contributed by atoms with Crippen LogP contribution in [0.3, 0.4) is 0 Å². The zero-order valence-corrected chi connectivity index (χ0v) is 29.2. The number of carbonyl (C=O) groups is 4. The number of benzene rings is 2. The standard InChI is InChI=1S/C36H41BrN6O7/c1-3-5-16-28(45)49-21-26(23-12-7-6-8-13-23)38-33(46)29-30-34(47)42(18-11-19-44)32(36(30)20-24(37)31(29)50-36)35(48)41(17-4-2)22-43-27-15-10-9-14-25(27)39-40-43/h3-4,6-10,12-15,24,26,29-32,44H,1-2,5,11,16-22H2,(H,38,46)/t24?,26-,29-,30+,31-,32-,36+/m0/s1. The molecule has 4 heterocycles. The van der Waals surface area contributed by atoms with E-state index in [0.29, 0.717) is 18.4 Å². The molecule has 2 N–H and O–H groups in total. The van der Waals surface area contributed by atoms with Crippen LogP contribution in [0.25, 0.3) is 11.0 Å². The molecule has 3 aliphatic heterocycles. The minimum absolute atomic E-state index is 0.0417. The number of esters is 1. The van der Waals surface area contributed by atoms with E-state index in [2.05, 4.69) is 44.7 Å². The second kappa shape index (κ2) is 15.2. The van der Waals surface area contributed by atoms with E-state index in [1.165, 1.54) is 4.90 Å². The third-order valence-electron chi connectivity index (χ3n) is 9.75. The predicted octanol–water partition coefficient (Wildman–Crippen LogP) is 2.90. The van der Waals surface area contributed by atoms with Crippen LogP contribution in [0.4, 0.5) is 0 Å². The maximum Gasteiger partial charge on any atom is 0.306 e. The molecule has 264 valence electrons. The molecule has 6 rings (SSSR count). The Balaban J connectivity index is 1.30. The highest BCUT2D eigenvalue weighted by molar-refractivity contribution is 9.09. The number of hydrogen-bond acceptors (Lipinski definition) is 9. The minimum atomic E-state index is -1.31. The van der Waals surface area contributed by atoms with Crippen molar-refractivity contribution in [3.63, 3.8) is 0 Å². The van der Waals surface area contributed by atoms with Crippen LogP contribution < -0.4 is 5.32 Å². The van der Waals surface area contributed by atoms with Gasteiger partial charge in [0.1, 0.15) is 30.4 Å². The molecule has 2 bridgehead atoms. The van der Waals surface area contributed by atoms with Gasteiger partial charge in [-0.05, 0) is 37.0 Å². The summed E-state index contributed by atoms with van der Waals surface area (Å²) in [5.41, 5.74) is 0.822. The van der Waals surface area contributed by atoms with Crippen LogP contribution in [-0.4, -0.2) is 102 Å². The number of rotatable bonds is 16. The van der Waals surface area contributed by atoms with Crippen LogP contribution in [0, 0.1) is 11.8 Å². The Morgan fingerprint density at radius 2 is 1.92 bits per heavy atom. The van der Waals surface area contributed by atoms with E-state index in [0.717, 1.165) is 11.1 Å². The molecule has 3 aromatic rings. The van der Waals surface area contributed by atoms with Crippen molar-refractivity contribution in [2.75, 3.05) is 26.3 Å². The van der Waals surface area contributed by atoms with Gasteiger partial charge in [-0.15, -0.1) is 18.3 Å². The zero-order chi connectivity index (χ0) is 35.4. The van der Waals surface area contributed by atoms with Gasteiger partial charge in [-0.2, -0.15) is 0 Å². The first-order valence-electron chi connectivity index (χ1n) is 16.8. The molecule has 1 aromatic heterocycles. The van der Waals surface area contributed by atoms with Crippen molar-refractivity contribution in [1.82, 2.24) is 30.1 Å². The molecule has 14 heteroatoms. The van der Waals surface area contributed by atoms with E-state index in [1.807, 2.05) is 54.6 Å². The van der Waals surface area contributed by atoms with Crippen LogP contribution in [0.1, 0.15) is 37.3 Å². The number of halogens is 1. The van der Waals surface area contributed by atoms with Gasteiger partial charge in [0.05, 0.1) is 29.5 Å². The fourth-order valence-corrected chi connectivity index (χ4v) is 8.51. The van der Waals surface area contributed by atoms with Gasteiger partial charge < -0.3 is 29.7 Å². The number of aliphatic hydroxyl groups is 1. The SMILES string of the molecule is C=CCCC(=O)OC[C@H](NC(=O)[C@@H]1[C@H]2O[C@@]3(CC2Br)[C@H](C(=O)N(CC=C)Cn2nnc4ccccc42)N(CCCO)C(=O)[C@@H]13)c1ccccc1. The normalized spacial score (nSPS) is 25.7. The Morgan fingerprint density at radius 1 is 1.16 bits per heavy atom. The Hall–Kier alpha value is -4.40. The Morgan fingerprint density at radius 3 is 2.66 bits per heavy atom. The smallest absolute Gasteiger partial charge is 0.306 e. The van der Waals surface area contributed by atoms with Gasteiger partial charge in [-0.25, -0.2) is 4.68 Å². The van der Waals surface area contributed by atoms with E-state index in [4.69, 9.17) is 9.47 Å². The summed E-state index contributed by atoms with van der Waals surface area (Å²) < 4.78 is 13.8. The molecular formula is C36H41BrN6O7. The van der Waals surface area contributed by atoms with Gasteiger partial charge in [0.25, 0.3) is 0 Å². The molecule has 2 aromatic carbocycles. The molecule has 50 heavy (non-hydrogen) atoms. The number of ether oxygens (including phenoxy) is 2. The fourth-order valence-electron chi connectivity index (χ4n) is 7.56. The third-order valence-corrected chi connectivity index (χ3v) is 10.6. The van der Waals surface area contributed by atoms with Gasteiger partial charge >= 0.3 is 5.97 Å². The Labute approximate surface area is 298 Å². The van der Waals surface area contributed by atoms with Crippen molar-refractivity contribution in [3.05, 3.63) is 85.5 Å². The highest BCUT2D eigenvalue weighted by atomic mass is 79.9. The maximum atomic E-state index is 14.7. The summed E-state index contributed by atoms with van der Waals surface area (Å²) in [6.45, 7) is 7.49. The second-order valence-corrected chi connectivity index (χ2v) is 14.0. The molecule has 7 atom stereocenters. The first-order valence-corrected chi connectivity index (χ1v) is 17.7. The van der Waals surface area contributed by atoms with Crippen LogP contribution in [0.5, 0.6) is 0 Å². The molecule has 0 radical (unpaired) electrons. The lowest BCUT2D eigenvalue weighted by Crippen LogP contribution is -2.57. The molecule has 3 aliphatic rings. The molecule has 3 saturated heterocycles. The number of hydrogen-bond donors (Lipinski definition) is 2. The van der Waals surface area contributed by atoms with Crippen LogP contribution in [0.2, 0.25) is 0 Å². The van der Waals surface area contributed by atoms with Gasteiger partial charge in [-0.3, -0.25) is 19.2 Å². The maximum absolute atomic E-state index is 14.7. The number of alkyl halides is 1. The number of aliphatic hydroxyl groups excluding tert-OH is 1. The highest BCUT2D eigenvalue weighted by Gasteiger charge is 2.76. The molecule has 1 spiro atoms. The quantitative estimate of drug-likeness (QED) is 0.128. The number of aromatic nitrogens is 3. The summed E-state index contributed by atoms with van der Waals surface area (Å²) >= 11 is 3.72. The summed E-state index contributed by atoms with van der Waals surface area (Å²) in [5.74, 6) is -3.52. The summed E-state index contributed by atoms with van der Waals surface area (Å²) in [7, 11) is 0. The van der Waals surface area contributed by atoms with Gasteiger partial charge in [0, 0.05) is 30.9 Å². The Bertz CT molecular complexity index is 1750. The van der Waals surface area contributed by atoms with Gasteiger partial charge in [0.15, 0.2) is 0 Å². The van der Waals surface area contributed by atoms with Crippen LogP contribution in [0.15, 0.2) is 79.9 Å². The number of para-hydroxylation sites is 1. The number of amides is 3. The van der Waals surface area contributed by atoms with Gasteiger partial charge in [0.2, 0.25) is 17.7 Å². The van der Waals surface area contributed by atoms with Crippen molar-refractivity contribution in [1.29, 1.82) is 0 Å². The van der Waals surface area contributed by atoms with E-state index in [9.17, 15) is 24.3 Å². The molecule has 3 fully saturated rings. The van der Waals surface area contributed by atoms with Crippen LogP contribution in [-0.2, 0) is 35.3 Å². The molecular weight excluding hydrogens is 708 g/mol. The molecule has 13 nitrogen and oxygen atoms in total. The first kappa shape index (κ1) is 35.4. The van der Waals surface area contributed by atoms with E-state index < -0.39 is 47.5 Å². The van der Waals surface area contributed by atoms with E-state index in [-0.39, 0.29) is 62.5 Å². The van der Waals surface area contributed by atoms with Crippen molar-refractivity contribution >= 4 is 50.7 Å². The van der Waals surface area contributed by atoms with Crippen molar-refractivity contribution in [3.8, 4) is 0 Å². The average molecular weight is 750 g/mol. The number of carbonyl (C=O) groups excluding carboxylic acids is 4. The predicted molar refractivity (Wildman–Crippen MR) is 186 cm³/mol. The van der Waals surface area contributed by atoms with E-state index >= 15 is 0 Å². The summed E-state index contributed by atoms with van der Waals surface area (Å²) in [5, 5.41) is 21.3. The first-order chi connectivity index (χ1) is 24.2. The topological polar surface area (TPSA) is 156 Å². The number of likely N-dealkylation sites (tertiary alicyclic amines) is 1. The summed E-state index contributed by atoms with van der Waals surface area (Å²) in [6, 6.07) is 14.8. The monoisotopic (exact) mass is 748 g/mol. The van der Waals surface area contributed by atoms with Crippen LogP contribution >= 0.6 is 15.9 Å². The fraction of sp³-hybridized carbons (Fsp3) is 0.444. The zero-order valence-electron chi connectivity index (χ0n) is 27.6. The van der Waals surface area contributed by atoms with Crippen molar-refractivity contribution in [2.45, 2.75) is 61.0 Å². The molecule has 3 amide bonds. The number of fused-ring (bicyclic) bond motifs is 2. The van der Waals surface area contributed by atoms with Gasteiger partial charge in [-0.1, -0.05) is 75.8 Å². The average Bonchev–Trinajstić information content (AvgIpc) is 3.85. The van der Waals surface area contributed by atoms with Crippen molar-refractivity contribution in [2.24, 2.45) is 11.8 Å². The molecule has 0 aliphatic carbocycles. The minimum Gasteiger partial charge on any atom is -0.463 e. The lowest BCUT2D eigenvalue weighted by Gasteiger charge is -2.37. The number of allylic oxidation sites excluding steroid dienone is 1. The summed E-state index contributed by atoms with van der Waals surface area (Å²) in [6.07, 6.45) is 3.72. The summed E-state index contributed by atoms with van der Waals surface area (Å²) in [4.78, 5) is 58.6. The lowest BCUT2D eigenvalue weighted by molar-refractivity contribution is -0.149. The lowest BCUT2D eigenvalue weighted by atomic mass is 9.70. The molecule has 0 saturated carbocycles. The third kappa shape index (κ3) is 6.59. The Kier molecular flexibility index (Phi) is 10.8. The number of nitrogens with zero attached hydrogens (tertiary/aromatic N) is 5. The second-order valence-electron chi connectivity index (χ2n) is 12.8.